The first kappa shape index (κ1) is 22.3. The average molecular weight is 483 g/mol. The minimum absolute atomic E-state index is 0.118. The normalized spacial score (nSPS) is 19.1. The summed E-state index contributed by atoms with van der Waals surface area (Å²) in [4.78, 5) is 23.8. The fourth-order valence-electron chi connectivity index (χ4n) is 4.95. The van der Waals surface area contributed by atoms with Gasteiger partial charge in [0, 0.05) is 46.1 Å². The molecule has 0 unspecified atom stereocenters. The van der Waals surface area contributed by atoms with Gasteiger partial charge in [0.1, 0.15) is 11.6 Å². The summed E-state index contributed by atoms with van der Waals surface area (Å²) in [6.45, 7) is 5.81. The van der Waals surface area contributed by atoms with E-state index in [1.54, 1.807) is 0 Å². The number of para-hydroxylation sites is 2. The molecule has 2 aliphatic rings. The Morgan fingerprint density at radius 3 is 2.49 bits per heavy atom. The molecular weight excluding hydrogens is 454 g/mol. The molecule has 0 saturated carbocycles. The Morgan fingerprint density at radius 2 is 1.71 bits per heavy atom. The van der Waals surface area contributed by atoms with Crippen LogP contribution in [-0.2, 0) is 18.3 Å². The Morgan fingerprint density at radius 1 is 0.971 bits per heavy atom. The number of morpholine rings is 1. The summed E-state index contributed by atoms with van der Waals surface area (Å²) in [5.41, 5.74) is 3.26. The average Bonchev–Trinajstić information content (AvgIpc) is 3.36. The molecule has 184 valence electrons. The van der Waals surface area contributed by atoms with Crippen LogP contribution in [0, 0.1) is 6.92 Å². The van der Waals surface area contributed by atoms with Crippen LogP contribution in [0.1, 0.15) is 24.5 Å². The number of anilines is 1. The van der Waals surface area contributed by atoms with Crippen LogP contribution in [0.3, 0.4) is 0 Å². The SMILES string of the molecule is Cc1nc2ccccc2n1-c1nc(N2CCOCC2)c2nc(CN3CCC(F)(F)CC3)n(C)c2n1. The van der Waals surface area contributed by atoms with Crippen molar-refractivity contribution in [1.29, 1.82) is 0 Å². The van der Waals surface area contributed by atoms with Crippen LogP contribution in [0.2, 0.25) is 0 Å². The van der Waals surface area contributed by atoms with E-state index in [0.717, 1.165) is 34.0 Å². The molecule has 2 aliphatic heterocycles. The summed E-state index contributed by atoms with van der Waals surface area (Å²) >= 11 is 0. The minimum Gasteiger partial charge on any atom is -0.378 e. The quantitative estimate of drug-likeness (QED) is 0.442. The molecule has 2 saturated heterocycles. The molecule has 6 rings (SSSR count). The van der Waals surface area contributed by atoms with Crippen molar-refractivity contribution in [2.75, 3.05) is 44.3 Å². The van der Waals surface area contributed by atoms with Crippen LogP contribution in [0.5, 0.6) is 0 Å². The lowest BCUT2D eigenvalue weighted by Crippen LogP contribution is -2.39. The van der Waals surface area contributed by atoms with E-state index in [0.29, 0.717) is 57.5 Å². The van der Waals surface area contributed by atoms with Crippen molar-refractivity contribution in [2.24, 2.45) is 7.05 Å². The van der Waals surface area contributed by atoms with Gasteiger partial charge in [-0.2, -0.15) is 9.97 Å². The summed E-state index contributed by atoms with van der Waals surface area (Å²) in [6.07, 6.45) is -0.236. The summed E-state index contributed by atoms with van der Waals surface area (Å²) in [5, 5.41) is 0. The number of likely N-dealkylation sites (tertiary alicyclic amines) is 1. The smallest absolute Gasteiger partial charge is 0.250 e. The second kappa shape index (κ2) is 8.49. The van der Waals surface area contributed by atoms with Gasteiger partial charge in [0.15, 0.2) is 17.0 Å². The number of aryl methyl sites for hydroxylation is 2. The topological polar surface area (TPSA) is 77.1 Å². The third-order valence-corrected chi connectivity index (χ3v) is 6.97. The van der Waals surface area contributed by atoms with Gasteiger partial charge in [0.05, 0.1) is 30.8 Å². The maximum absolute atomic E-state index is 13.7. The molecule has 4 aromatic rings. The van der Waals surface area contributed by atoms with E-state index in [2.05, 4.69) is 9.88 Å². The summed E-state index contributed by atoms with van der Waals surface area (Å²) in [5.74, 6) is 0.321. The number of nitrogens with zero attached hydrogens (tertiary/aromatic N) is 8. The highest BCUT2D eigenvalue weighted by atomic mass is 19.3. The highest BCUT2D eigenvalue weighted by molar-refractivity contribution is 5.86. The number of alkyl halides is 2. The zero-order valence-corrected chi connectivity index (χ0v) is 19.9. The fraction of sp³-hybridized carbons (Fsp3) is 0.500. The summed E-state index contributed by atoms with van der Waals surface area (Å²) in [7, 11) is 1.93. The molecule has 35 heavy (non-hydrogen) atoms. The number of halogens is 2. The van der Waals surface area contributed by atoms with Crippen LogP contribution >= 0.6 is 0 Å². The number of piperidine rings is 1. The van der Waals surface area contributed by atoms with Crippen molar-refractivity contribution < 1.29 is 13.5 Å². The van der Waals surface area contributed by atoms with Gasteiger partial charge in [0.25, 0.3) is 5.92 Å². The Bertz CT molecular complexity index is 1380. The lowest BCUT2D eigenvalue weighted by Gasteiger charge is -2.31. The van der Waals surface area contributed by atoms with Gasteiger partial charge in [-0.25, -0.2) is 18.7 Å². The minimum atomic E-state index is -2.57. The molecule has 0 radical (unpaired) electrons. The molecule has 0 amide bonds. The van der Waals surface area contributed by atoms with E-state index in [1.165, 1.54) is 0 Å². The molecule has 2 fully saturated rings. The highest BCUT2D eigenvalue weighted by Crippen LogP contribution is 2.31. The monoisotopic (exact) mass is 482 g/mol. The molecule has 0 atom stereocenters. The maximum Gasteiger partial charge on any atom is 0.250 e. The number of aromatic nitrogens is 6. The van der Waals surface area contributed by atoms with Crippen LogP contribution in [0.4, 0.5) is 14.6 Å². The van der Waals surface area contributed by atoms with Gasteiger partial charge in [0.2, 0.25) is 5.95 Å². The Kier molecular flexibility index (Phi) is 5.41. The third-order valence-electron chi connectivity index (χ3n) is 6.97. The van der Waals surface area contributed by atoms with Gasteiger partial charge >= 0.3 is 0 Å². The number of rotatable bonds is 4. The van der Waals surface area contributed by atoms with Crippen molar-refractivity contribution in [3.8, 4) is 5.95 Å². The molecule has 0 aliphatic carbocycles. The van der Waals surface area contributed by atoms with Crippen molar-refractivity contribution >= 4 is 28.0 Å². The van der Waals surface area contributed by atoms with Crippen molar-refractivity contribution in [2.45, 2.75) is 32.2 Å². The van der Waals surface area contributed by atoms with Crippen LogP contribution in [0.25, 0.3) is 28.1 Å². The molecule has 5 heterocycles. The standard InChI is InChI=1S/C24H28F2N8O/c1-16-27-17-5-3-4-6-18(17)34(16)23-29-21-20(22(30-23)33-11-13-35-14-12-33)28-19(31(21)2)15-32-9-7-24(25,26)8-10-32/h3-6H,7-15H2,1-2H3. The molecular formula is C24H28F2N8O. The van der Waals surface area contributed by atoms with E-state index >= 15 is 0 Å². The van der Waals surface area contributed by atoms with E-state index in [9.17, 15) is 8.78 Å². The number of imidazole rings is 2. The van der Waals surface area contributed by atoms with Gasteiger partial charge in [-0.1, -0.05) is 12.1 Å². The summed E-state index contributed by atoms with van der Waals surface area (Å²) < 4.78 is 36.8. The maximum atomic E-state index is 13.7. The molecule has 0 spiro atoms. The Labute approximate surface area is 201 Å². The van der Waals surface area contributed by atoms with Crippen molar-refractivity contribution in [3.05, 3.63) is 35.9 Å². The molecule has 0 bridgehead atoms. The lowest BCUT2D eigenvalue weighted by atomic mass is 10.1. The number of hydrogen-bond acceptors (Lipinski definition) is 7. The molecule has 9 nitrogen and oxygen atoms in total. The van der Waals surface area contributed by atoms with Crippen LogP contribution < -0.4 is 4.90 Å². The van der Waals surface area contributed by atoms with E-state index in [1.807, 2.05) is 52.3 Å². The molecule has 3 aromatic heterocycles. The Hall–Kier alpha value is -3.18. The van der Waals surface area contributed by atoms with Gasteiger partial charge in [-0.05, 0) is 19.1 Å². The summed E-state index contributed by atoms with van der Waals surface area (Å²) in [6, 6.07) is 7.93. The Balaban J connectivity index is 1.46. The predicted octanol–water partition coefficient (Wildman–Crippen LogP) is 3.08. The number of fused-ring (bicyclic) bond motifs is 2. The van der Waals surface area contributed by atoms with E-state index in [-0.39, 0.29) is 12.8 Å². The number of benzene rings is 1. The van der Waals surface area contributed by atoms with Gasteiger partial charge in [-0.3, -0.25) is 9.47 Å². The molecule has 11 heteroatoms. The predicted molar refractivity (Wildman–Crippen MR) is 128 cm³/mol. The second-order valence-electron chi connectivity index (χ2n) is 9.32. The fourth-order valence-corrected chi connectivity index (χ4v) is 4.95. The lowest BCUT2D eigenvalue weighted by molar-refractivity contribution is -0.0571. The highest BCUT2D eigenvalue weighted by Gasteiger charge is 2.34. The zero-order valence-electron chi connectivity index (χ0n) is 19.9. The second-order valence-corrected chi connectivity index (χ2v) is 9.32. The van der Waals surface area contributed by atoms with Gasteiger partial charge < -0.3 is 14.2 Å². The van der Waals surface area contributed by atoms with Crippen molar-refractivity contribution in [1.82, 2.24) is 34.0 Å². The van der Waals surface area contributed by atoms with Gasteiger partial charge in [-0.15, -0.1) is 0 Å². The largest absolute Gasteiger partial charge is 0.378 e. The van der Waals surface area contributed by atoms with E-state index in [4.69, 9.17) is 19.7 Å². The van der Waals surface area contributed by atoms with Crippen LogP contribution in [0.15, 0.2) is 24.3 Å². The zero-order chi connectivity index (χ0) is 24.2. The first-order valence-electron chi connectivity index (χ1n) is 12.0. The van der Waals surface area contributed by atoms with E-state index < -0.39 is 5.92 Å². The molecule has 1 aromatic carbocycles. The van der Waals surface area contributed by atoms with Crippen LogP contribution in [-0.4, -0.2) is 79.3 Å². The third kappa shape index (κ3) is 4.02. The first-order chi connectivity index (χ1) is 16.9. The number of ether oxygens (including phenoxy) is 1. The number of hydrogen-bond donors (Lipinski definition) is 0. The van der Waals surface area contributed by atoms with Crippen molar-refractivity contribution in [3.63, 3.8) is 0 Å². The molecule has 0 N–H and O–H groups in total. The first-order valence-corrected chi connectivity index (χ1v) is 12.0.